The molecular weight excluding hydrogens is 398 g/mol. The molecule has 0 spiro atoms. The molecule has 5 heteroatoms. The van der Waals surface area contributed by atoms with Crippen LogP contribution in [0, 0.1) is 17.3 Å². The quantitative estimate of drug-likeness (QED) is 0.566. The molecule has 6 rings (SSSR count). The molecule has 5 atom stereocenters. The lowest BCUT2D eigenvalue weighted by atomic mass is 9.55. The lowest BCUT2D eigenvalue weighted by Gasteiger charge is -2.57. The van der Waals surface area contributed by atoms with Gasteiger partial charge in [0.1, 0.15) is 0 Å². The highest BCUT2D eigenvalue weighted by molar-refractivity contribution is 5.85. The molecule has 32 heavy (non-hydrogen) atoms. The number of fused-ring (bicyclic) bond motifs is 7. The number of H-pyrrole nitrogens is 1. The van der Waals surface area contributed by atoms with Crippen molar-refractivity contribution in [1.82, 2.24) is 14.8 Å². The average molecular weight is 434 g/mol. The van der Waals surface area contributed by atoms with E-state index in [4.69, 9.17) is 4.74 Å². The molecule has 3 aliphatic heterocycles. The SMILES string of the molecule is COC(=O)[C@@]1(C)[C@@H](N2CCCC2)C(C)=C[C@H]2[C@@H]3c4[nH]c5ccccc5c4CCN3CC[C@@H]21. The van der Waals surface area contributed by atoms with Gasteiger partial charge in [-0.25, -0.2) is 0 Å². The summed E-state index contributed by atoms with van der Waals surface area (Å²) in [7, 11) is 1.57. The molecule has 0 bridgehead atoms. The van der Waals surface area contributed by atoms with Crippen molar-refractivity contribution in [2.45, 2.75) is 51.6 Å². The van der Waals surface area contributed by atoms with Crippen LogP contribution in [0.5, 0.6) is 0 Å². The van der Waals surface area contributed by atoms with Gasteiger partial charge in [0.25, 0.3) is 0 Å². The third-order valence-corrected chi connectivity index (χ3v) is 9.10. The number of rotatable bonds is 2. The summed E-state index contributed by atoms with van der Waals surface area (Å²) in [5.41, 5.74) is 4.94. The van der Waals surface area contributed by atoms with Gasteiger partial charge >= 0.3 is 5.97 Å². The molecule has 1 aliphatic carbocycles. The van der Waals surface area contributed by atoms with Crippen molar-refractivity contribution in [3.05, 3.63) is 47.2 Å². The molecule has 1 N–H and O–H groups in total. The number of benzene rings is 1. The fraction of sp³-hybridized carbons (Fsp3) is 0.593. The van der Waals surface area contributed by atoms with E-state index in [1.807, 2.05) is 0 Å². The summed E-state index contributed by atoms with van der Waals surface area (Å²) in [6.45, 7) is 8.78. The fourth-order valence-electron chi connectivity index (χ4n) is 7.85. The van der Waals surface area contributed by atoms with Gasteiger partial charge in [-0.2, -0.15) is 0 Å². The summed E-state index contributed by atoms with van der Waals surface area (Å²) in [5.74, 6) is 0.569. The molecule has 0 amide bonds. The monoisotopic (exact) mass is 433 g/mol. The van der Waals surface area contributed by atoms with E-state index in [-0.39, 0.29) is 17.9 Å². The molecule has 0 saturated carbocycles. The van der Waals surface area contributed by atoms with Gasteiger partial charge in [-0.3, -0.25) is 14.6 Å². The number of ether oxygens (including phenoxy) is 1. The molecular formula is C27H35N3O2. The maximum Gasteiger partial charge on any atom is 0.313 e. The number of hydrogen-bond donors (Lipinski definition) is 1. The normalized spacial score (nSPS) is 35.2. The number of esters is 1. The third-order valence-electron chi connectivity index (χ3n) is 9.10. The van der Waals surface area contributed by atoms with E-state index in [1.54, 1.807) is 7.11 Å². The predicted molar refractivity (Wildman–Crippen MR) is 126 cm³/mol. The van der Waals surface area contributed by atoms with Gasteiger partial charge in [0, 0.05) is 35.1 Å². The summed E-state index contributed by atoms with van der Waals surface area (Å²) in [6, 6.07) is 9.17. The number of likely N-dealkylation sites (tertiary alicyclic amines) is 1. The van der Waals surface area contributed by atoms with E-state index >= 15 is 0 Å². The van der Waals surface area contributed by atoms with Crippen LogP contribution < -0.4 is 0 Å². The zero-order valence-electron chi connectivity index (χ0n) is 19.6. The average Bonchev–Trinajstić information content (AvgIpc) is 3.46. The van der Waals surface area contributed by atoms with Crippen LogP contribution in [-0.2, 0) is 16.0 Å². The highest BCUT2D eigenvalue weighted by Gasteiger charge is 2.59. The number of methoxy groups -OCH3 is 1. The number of nitrogens with one attached hydrogen (secondary N) is 1. The number of piperidine rings is 1. The van der Waals surface area contributed by atoms with Gasteiger partial charge in [0.05, 0.1) is 18.6 Å². The van der Waals surface area contributed by atoms with Crippen molar-refractivity contribution in [1.29, 1.82) is 0 Å². The van der Waals surface area contributed by atoms with E-state index < -0.39 is 5.41 Å². The summed E-state index contributed by atoms with van der Waals surface area (Å²) in [5, 5.41) is 1.37. The molecule has 0 unspecified atom stereocenters. The minimum Gasteiger partial charge on any atom is -0.469 e. The molecule has 5 nitrogen and oxygen atoms in total. The number of aromatic amines is 1. The third kappa shape index (κ3) is 2.73. The van der Waals surface area contributed by atoms with Gasteiger partial charge in [0.2, 0.25) is 0 Å². The first-order chi connectivity index (χ1) is 15.5. The van der Waals surface area contributed by atoms with Gasteiger partial charge in [-0.05, 0) is 76.7 Å². The van der Waals surface area contributed by atoms with Gasteiger partial charge in [-0.1, -0.05) is 29.8 Å². The Morgan fingerprint density at radius 3 is 2.69 bits per heavy atom. The Kier molecular flexibility index (Phi) is 4.78. The number of aromatic nitrogens is 1. The highest BCUT2D eigenvalue weighted by Crippen LogP contribution is 2.56. The molecule has 2 fully saturated rings. The molecule has 170 valence electrons. The first-order valence-corrected chi connectivity index (χ1v) is 12.4. The van der Waals surface area contributed by atoms with Crippen LogP contribution >= 0.6 is 0 Å². The van der Waals surface area contributed by atoms with Crippen LogP contribution in [-0.4, -0.2) is 60.1 Å². The maximum atomic E-state index is 13.5. The minimum absolute atomic E-state index is 0.0296. The van der Waals surface area contributed by atoms with E-state index in [0.717, 1.165) is 39.0 Å². The Morgan fingerprint density at radius 1 is 1.12 bits per heavy atom. The Balaban J connectivity index is 1.49. The first-order valence-electron chi connectivity index (χ1n) is 12.4. The number of carbonyl (C=O) groups excluding carboxylic acids is 1. The van der Waals surface area contributed by atoms with E-state index in [9.17, 15) is 4.79 Å². The molecule has 1 aromatic carbocycles. The fourth-order valence-corrected chi connectivity index (χ4v) is 7.85. The van der Waals surface area contributed by atoms with E-state index in [1.165, 1.54) is 40.6 Å². The van der Waals surface area contributed by atoms with E-state index in [2.05, 4.69) is 59.0 Å². The van der Waals surface area contributed by atoms with Crippen molar-refractivity contribution in [3.63, 3.8) is 0 Å². The number of para-hydroxylation sites is 1. The summed E-state index contributed by atoms with van der Waals surface area (Å²) in [4.78, 5) is 22.5. The zero-order valence-corrected chi connectivity index (χ0v) is 19.6. The molecule has 2 aromatic rings. The van der Waals surface area contributed by atoms with Crippen LogP contribution in [0.3, 0.4) is 0 Å². The molecule has 4 aliphatic rings. The van der Waals surface area contributed by atoms with Crippen LogP contribution in [0.25, 0.3) is 10.9 Å². The lowest BCUT2D eigenvalue weighted by molar-refractivity contribution is -0.165. The molecule has 2 saturated heterocycles. The predicted octanol–water partition coefficient (Wildman–Crippen LogP) is 4.31. The van der Waals surface area contributed by atoms with Gasteiger partial charge in [0.15, 0.2) is 0 Å². The van der Waals surface area contributed by atoms with Gasteiger partial charge < -0.3 is 9.72 Å². The molecule has 1 aromatic heterocycles. The highest BCUT2D eigenvalue weighted by atomic mass is 16.5. The van der Waals surface area contributed by atoms with Crippen LogP contribution in [0.2, 0.25) is 0 Å². The standard InChI is InChI=1S/C27H35N3O2/c1-17-16-20-21(27(2,26(31)32-3)25(17)30-12-6-7-13-30)11-15-29-14-10-19-18-8-4-5-9-22(18)28-23(19)24(20)29/h4-5,8-9,16,20-21,24-25,28H,6-7,10-15H2,1-3H3/t20-,21+,24-,25+,27-/m1/s1. The second-order valence-corrected chi connectivity index (χ2v) is 10.6. The van der Waals surface area contributed by atoms with Crippen molar-refractivity contribution < 1.29 is 9.53 Å². The Bertz CT molecular complexity index is 1080. The largest absolute Gasteiger partial charge is 0.469 e. The Morgan fingerprint density at radius 2 is 1.91 bits per heavy atom. The number of hydrogen-bond acceptors (Lipinski definition) is 4. The van der Waals surface area contributed by atoms with Crippen molar-refractivity contribution in [2.24, 2.45) is 17.3 Å². The van der Waals surface area contributed by atoms with Crippen molar-refractivity contribution in [2.75, 3.05) is 33.3 Å². The second-order valence-electron chi connectivity index (χ2n) is 10.6. The minimum atomic E-state index is -0.516. The van der Waals surface area contributed by atoms with Gasteiger partial charge in [-0.15, -0.1) is 0 Å². The lowest BCUT2D eigenvalue weighted by Crippen LogP contribution is -2.62. The summed E-state index contributed by atoms with van der Waals surface area (Å²) in [6.07, 6.45) is 7.14. The van der Waals surface area contributed by atoms with Crippen LogP contribution in [0.1, 0.15) is 50.4 Å². The number of carbonyl (C=O) groups is 1. The topological polar surface area (TPSA) is 48.6 Å². The summed E-state index contributed by atoms with van der Waals surface area (Å²) >= 11 is 0. The van der Waals surface area contributed by atoms with E-state index in [0.29, 0.717) is 12.0 Å². The zero-order chi connectivity index (χ0) is 22.0. The second kappa shape index (κ2) is 7.46. The first kappa shape index (κ1) is 20.5. The van der Waals surface area contributed by atoms with Crippen molar-refractivity contribution in [3.8, 4) is 0 Å². The van der Waals surface area contributed by atoms with Crippen molar-refractivity contribution >= 4 is 16.9 Å². The Hall–Kier alpha value is -2.11. The smallest absolute Gasteiger partial charge is 0.313 e. The molecule has 0 radical (unpaired) electrons. The maximum absolute atomic E-state index is 13.5. The van der Waals surface area contributed by atoms with Crippen LogP contribution in [0.15, 0.2) is 35.9 Å². The molecule has 4 heterocycles. The van der Waals surface area contributed by atoms with Crippen LogP contribution in [0.4, 0.5) is 0 Å². The Labute approximate surface area is 190 Å². The number of nitrogens with zero attached hydrogens (tertiary/aromatic N) is 2. The summed E-state index contributed by atoms with van der Waals surface area (Å²) < 4.78 is 5.52.